The Hall–Kier alpha value is -0.590. The Kier molecular flexibility index (Phi) is 6.04. The highest BCUT2D eigenvalue weighted by molar-refractivity contribution is 9.10. The number of nitrogens with one attached hydrogen (secondary N) is 1. The summed E-state index contributed by atoms with van der Waals surface area (Å²) < 4.78 is 23.2. The van der Waals surface area contributed by atoms with Crippen LogP contribution in [0.1, 0.15) is 32.3 Å². The first-order valence-corrected chi connectivity index (χ1v) is 9.30. The Morgan fingerprint density at radius 2 is 2.05 bits per heavy atom. The molecule has 1 atom stereocenters. The largest absolute Gasteiger partial charge is 0.325 e. The molecule has 1 aromatic carbocycles. The van der Waals surface area contributed by atoms with Crippen molar-refractivity contribution in [2.75, 3.05) is 5.32 Å². The van der Waals surface area contributed by atoms with Crippen LogP contribution >= 0.6 is 26.6 Å². The molecule has 1 aromatic rings. The molecular formula is C13H17BrClNO3S. The van der Waals surface area contributed by atoms with Gasteiger partial charge in [0.1, 0.15) is 0 Å². The van der Waals surface area contributed by atoms with Crippen LogP contribution in [0.4, 0.5) is 5.69 Å². The zero-order chi connectivity index (χ0) is 15.5. The van der Waals surface area contributed by atoms with Crippen molar-refractivity contribution in [2.45, 2.75) is 38.5 Å². The standard InChI is InChI=1S/C13H17BrClNO3S/c1-4-8(2)5-13(17)16-11-6-9(3)12(7-10(11)14)20(15,18)19/h6-8H,4-5H2,1-3H3,(H,16,17). The van der Waals surface area contributed by atoms with Crippen LogP contribution in [-0.4, -0.2) is 14.3 Å². The number of aryl methyl sites for hydroxylation is 1. The zero-order valence-corrected chi connectivity index (χ0v) is 14.7. The van der Waals surface area contributed by atoms with Crippen molar-refractivity contribution in [3.05, 3.63) is 22.2 Å². The lowest BCUT2D eigenvalue weighted by atomic mass is 10.0. The fourth-order valence-corrected chi connectivity index (χ4v) is 3.48. The van der Waals surface area contributed by atoms with Crippen molar-refractivity contribution < 1.29 is 13.2 Å². The predicted molar refractivity (Wildman–Crippen MR) is 84.6 cm³/mol. The fourth-order valence-electron chi connectivity index (χ4n) is 1.68. The Morgan fingerprint density at radius 3 is 2.55 bits per heavy atom. The maximum atomic E-state index is 11.9. The first-order chi connectivity index (χ1) is 9.15. The number of carbonyl (C=O) groups excluding carboxylic acids is 1. The van der Waals surface area contributed by atoms with Gasteiger partial charge in [-0.15, -0.1) is 0 Å². The first-order valence-electron chi connectivity index (χ1n) is 6.19. The van der Waals surface area contributed by atoms with Gasteiger partial charge in [0.2, 0.25) is 5.91 Å². The Morgan fingerprint density at radius 1 is 1.45 bits per heavy atom. The summed E-state index contributed by atoms with van der Waals surface area (Å²) in [6.07, 6.45) is 1.36. The van der Waals surface area contributed by atoms with E-state index in [1.807, 2.05) is 13.8 Å². The van der Waals surface area contributed by atoms with Crippen LogP contribution < -0.4 is 5.32 Å². The van der Waals surface area contributed by atoms with Gasteiger partial charge < -0.3 is 5.32 Å². The Balaban J connectivity index is 2.99. The summed E-state index contributed by atoms with van der Waals surface area (Å²) in [5.41, 5.74) is 1.03. The van der Waals surface area contributed by atoms with Crippen molar-refractivity contribution in [3.8, 4) is 0 Å². The fraction of sp³-hybridized carbons (Fsp3) is 0.462. The van der Waals surface area contributed by atoms with Gasteiger partial charge in [-0.05, 0) is 46.5 Å². The van der Waals surface area contributed by atoms with Gasteiger partial charge in [0.05, 0.1) is 10.6 Å². The number of anilines is 1. The number of halogens is 2. The van der Waals surface area contributed by atoms with Gasteiger partial charge in [-0.2, -0.15) is 0 Å². The molecule has 0 radical (unpaired) electrons. The second kappa shape index (κ2) is 6.91. The van der Waals surface area contributed by atoms with E-state index in [1.54, 1.807) is 13.0 Å². The number of amides is 1. The van der Waals surface area contributed by atoms with E-state index in [0.717, 1.165) is 6.42 Å². The van der Waals surface area contributed by atoms with E-state index in [0.29, 0.717) is 28.1 Å². The van der Waals surface area contributed by atoms with Gasteiger partial charge in [-0.1, -0.05) is 20.3 Å². The topological polar surface area (TPSA) is 63.2 Å². The van der Waals surface area contributed by atoms with Crippen molar-refractivity contribution in [2.24, 2.45) is 5.92 Å². The summed E-state index contributed by atoms with van der Waals surface area (Å²) in [7, 11) is 1.55. The normalized spacial score (nSPS) is 13.1. The second-order valence-electron chi connectivity index (χ2n) is 4.80. The summed E-state index contributed by atoms with van der Waals surface area (Å²) in [6.45, 7) is 5.66. The molecule has 112 valence electrons. The van der Waals surface area contributed by atoms with E-state index < -0.39 is 9.05 Å². The van der Waals surface area contributed by atoms with Crippen LogP contribution in [0.5, 0.6) is 0 Å². The second-order valence-corrected chi connectivity index (χ2v) is 8.19. The summed E-state index contributed by atoms with van der Waals surface area (Å²) in [4.78, 5) is 11.9. The molecule has 7 heteroatoms. The van der Waals surface area contributed by atoms with Crippen LogP contribution in [-0.2, 0) is 13.8 Å². The molecule has 1 N–H and O–H groups in total. The van der Waals surface area contributed by atoms with Crippen LogP contribution in [0.15, 0.2) is 21.5 Å². The monoisotopic (exact) mass is 381 g/mol. The molecule has 0 spiro atoms. The highest BCUT2D eigenvalue weighted by atomic mass is 79.9. The minimum atomic E-state index is -3.79. The third-order valence-electron chi connectivity index (χ3n) is 3.03. The third kappa shape index (κ3) is 4.75. The smallest absolute Gasteiger partial charge is 0.261 e. The molecule has 0 bridgehead atoms. The predicted octanol–water partition coefficient (Wildman–Crippen LogP) is 4.06. The zero-order valence-electron chi connectivity index (χ0n) is 11.5. The summed E-state index contributed by atoms with van der Waals surface area (Å²) in [5, 5.41) is 2.77. The summed E-state index contributed by atoms with van der Waals surface area (Å²) in [5.74, 6) is 0.207. The molecule has 0 aliphatic carbocycles. The van der Waals surface area contributed by atoms with Gasteiger partial charge in [-0.25, -0.2) is 8.42 Å². The lowest BCUT2D eigenvalue weighted by Gasteiger charge is -2.12. The van der Waals surface area contributed by atoms with Crippen molar-refractivity contribution in [1.82, 2.24) is 0 Å². The minimum Gasteiger partial charge on any atom is -0.325 e. The van der Waals surface area contributed by atoms with Crippen LogP contribution in [0.2, 0.25) is 0 Å². The van der Waals surface area contributed by atoms with E-state index in [-0.39, 0.29) is 10.8 Å². The number of carbonyl (C=O) groups is 1. The highest BCUT2D eigenvalue weighted by Gasteiger charge is 2.17. The number of rotatable bonds is 5. The molecule has 0 heterocycles. The van der Waals surface area contributed by atoms with E-state index >= 15 is 0 Å². The van der Waals surface area contributed by atoms with Gasteiger partial charge in [0, 0.05) is 21.6 Å². The maximum absolute atomic E-state index is 11.9. The van der Waals surface area contributed by atoms with E-state index in [2.05, 4.69) is 21.2 Å². The lowest BCUT2D eigenvalue weighted by Crippen LogP contribution is -2.15. The van der Waals surface area contributed by atoms with E-state index in [4.69, 9.17) is 10.7 Å². The molecule has 1 amide bonds. The van der Waals surface area contributed by atoms with Gasteiger partial charge in [0.15, 0.2) is 0 Å². The molecule has 0 saturated heterocycles. The molecule has 0 fully saturated rings. The Bertz CT molecular complexity index is 616. The average molecular weight is 383 g/mol. The molecule has 0 aliphatic heterocycles. The summed E-state index contributed by atoms with van der Waals surface area (Å²) >= 11 is 3.25. The molecule has 1 unspecified atom stereocenters. The average Bonchev–Trinajstić information content (AvgIpc) is 2.31. The quantitative estimate of drug-likeness (QED) is 0.781. The molecule has 20 heavy (non-hydrogen) atoms. The van der Waals surface area contributed by atoms with Crippen LogP contribution in [0.3, 0.4) is 0 Å². The SMILES string of the molecule is CCC(C)CC(=O)Nc1cc(C)c(S(=O)(=O)Cl)cc1Br. The summed E-state index contributed by atoms with van der Waals surface area (Å²) in [6, 6.07) is 2.99. The highest BCUT2D eigenvalue weighted by Crippen LogP contribution is 2.30. The van der Waals surface area contributed by atoms with Gasteiger partial charge in [0.25, 0.3) is 9.05 Å². The molecule has 1 rings (SSSR count). The molecule has 0 saturated carbocycles. The molecule has 4 nitrogen and oxygen atoms in total. The third-order valence-corrected chi connectivity index (χ3v) is 5.15. The lowest BCUT2D eigenvalue weighted by molar-refractivity contribution is -0.117. The number of benzene rings is 1. The van der Waals surface area contributed by atoms with Crippen LogP contribution in [0.25, 0.3) is 0 Å². The van der Waals surface area contributed by atoms with E-state index in [1.165, 1.54) is 6.07 Å². The molecule has 0 aliphatic rings. The van der Waals surface area contributed by atoms with E-state index in [9.17, 15) is 13.2 Å². The van der Waals surface area contributed by atoms with Crippen molar-refractivity contribution in [1.29, 1.82) is 0 Å². The van der Waals surface area contributed by atoms with Crippen molar-refractivity contribution >= 4 is 47.3 Å². The first kappa shape index (κ1) is 17.5. The van der Waals surface area contributed by atoms with Crippen LogP contribution in [0, 0.1) is 12.8 Å². The number of hydrogen-bond donors (Lipinski definition) is 1. The van der Waals surface area contributed by atoms with Gasteiger partial charge in [-0.3, -0.25) is 4.79 Å². The minimum absolute atomic E-state index is 0.0333. The Labute approximate surface area is 132 Å². The number of hydrogen-bond acceptors (Lipinski definition) is 3. The molecular weight excluding hydrogens is 366 g/mol. The maximum Gasteiger partial charge on any atom is 0.261 e. The van der Waals surface area contributed by atoms with Gasteiger partial charge >= 0.3 is 0 Å². The van der Waals surface area contributed by atoms with Crippen molar-refractivity contribution in [3.63, 3.8) is 0 Å². The molecule has 0 aromatic heterocycles.